The van der Waals surface area contributed by atoms with Crippen molar-refractivity contribution >= 4 is 5.97 Å². The van der Waals surface area contributed by atoms with E-state index in [9.17, 15) is 10.1 Å². The quantitative estimate of drug-likeness (QED) is 0.152. The Hall–Kier alpha value is -2.60. The van der Waals surface area contributed by atoms with E-state index in [2.05, 4.69) is 44.2 Å². The first-order chi connectivity index (χ1) is 17.6. The third-order valence-corrected chi connectivity index (χ3v) is 7.86. The zero-order valence-electron chi connectivity index (χ0n) is 22.6. The third-order valence-electron chi connectivity index (χ3n) is 7.86. The number of ether oxygens (including phenoxy) is 1. The largest absolute Gasteiger partial charge is 0.424 e. The van der Waals surface area contributed by atoms with Crippen molar-refractivity contribution in [1.29, 1.82) is 5.26 Å². The molecule has 3 nitrogen and oxygen atoms in total. The first-order valence-electron chi connectivity index (χ1n) is 14.5. The molecule has 2 aromatic carbocycles. The monoisotopic (exact) mass is 487 g/mol. The maximum atomic E-state index is 13.7. The number of nitrogens with zero attached hydrogens (tertiary/aromatic N) is 1. The molecule has 0 N–H and O–H groups in total. The van der Waals surface area contributed by atoms with Gasteiger partial charge in [-0.15, -0.1) is 0 Å². The Morgan fingerprint density at radius 3 is 2.08 bits per heavy atom. The van der Waals surface area contributed by atoms with Gasteiger partial charge in [0.2, 0.25) is 0 Å². The Bertz CT molecular complexity index is 980. The Kier molecular flexibility index (Phi) is 11.5. The van der Waals surface area contributed by atoms with Crippen molar-refractivity contribution < 1.29 is 9.53 Å². The van der Waals surface area contributed by atoms with E-state index in [4.69, 9.17) is 4.74 Å². The summed E-state index contributed by atoms with van der Waals surface area (Å²) in [6, 6.07) is 16.7. The van der Waals surface area contributed by atoms with Crippen LogP contribution in [0.3, 0.4) is 0 Å². The first kappa shape index (κ1) is 28.0. The summed E-state index contributed by atoms with van der Waals surface area (Å²) in [4.78, 5) is 13.7. The number of carbonyl (C=O) groups excluding carboxylic acids is 1. The smallest absolute Gasteiger partial charge is 0.321 e. The lowest BCUT2D eigenvalue weighted by molar-refractivity contribution is -0.142. The fourth-order valence-electron chi connectivity index (χ4n) is 5.53. The molecule has 1 aliphatic carbocycles. The lowest BCUT2D eigenvalue weighted by atomic mass is 9.69. The molecule has 36 heavy (non-hydrogen) atoms. The van der Waals surface area contributed by atoms with E-state index in [1.165, 1.54) is 56.9 Å². The molecule has 3 heteroatoms. The highest BCUT2D eigenvalue weighted by atomic mass is 16.5. The zero-order valence-corrected chi connectivity index (χ0v) is 22.6. The van der Waals surface area contributed by atoms with Crippen molar-refractivity contribution in [2.75, 3.05) is 0 Å². The predicted octanol–water partition coefficient (Wildman–Crippen LogP) is 9.00. The number of carbonyl (C=O) groups is 1. The molecule has 0 atom stereocenters. The second-order valence-electron chi connectivity index (χ2n) is 10.6. The summed E-state index contributed by atoms with van der Waals surface area (Å²) in [6.07, 6.45) is 18.1. The van der Waals surface area contributed by atoms with Gasteiger partial charge in [0, 0.05) is 0 Å². The van der Waals surface area contributed by atoms with Crippen LogP contribution in [-0.4, -0.2) is 5.97 Å². The minimum atomic E-state index is -0.620. The molecule has 0 radical (unpaired) electrons. The number of rotatable bonds is 14. The van der Waals surface area contributed by atoms with Gasteiger partial charge in [-0.05, 0) is 67.3 Å². The van der Waals surface area contributed by atoms with Crippen LogP contribution >= 0.6 is 0 Å². The number of hydrogen-bond donors (Lipinski definition) is 0. The summed E-state index contributed by atoms with van der Waals surface area (Å²) >= 11 is 0. The standard InChI is InChI=1S/C33H45NO2/c1-3-5-7-8-9-10-12-16-28-19-22-31(29(25-28)26-34)36-32(35)33(23-13-11-14-24-33)30-20-17-27(18-21-30)15-6-4-2/h17-22,25H,3-16,23-24H2,1-2H3. The SMILES string of the molecule is CCCCCCCCCc1ccc(OC(=O)C2(c3ccc(CCCC)cc3)CCCCC2)c(C#N)c1. The fourth-order valence-corrected chi connectivity index (χ4v) is 5.53. The van der Waals surface area contributed by atoms with Gasteiger partial charge in [0.15, 0.2) is 0 Å². The molecule has 1 saturated carbocycles. The van der Waals surface area contributed by atoms with Crippen molar-refractivity contribution in [1.82, 2.24) is 0 Å². The molecule has 0 spiro atoms. The van der Waals surface area contributed by atoms with E-state index >= 15 is 0 Å². The summed E-state index contributed by atoms with van der Waals surface area (Å²) in [7, 11) is 0. The molecule has 0 unspecified atom stereocenters. The minimum Gasteiger partial charge on any atom is -0.424 e. The van der Waals surface area contributed by atoms with Gasteiger partial charge in [-0.25, -0.2) is 0 Å². The highest BCUT2D eigenvalue weighted by Crippen LogP contribution is 2.41. The molecule has 0 aromatic heterocycles. The van der Waals surface area contributed by atoms with E-state index in [0.29, 0.717) is 11.3 Å². The van der Waals surface area contributed by atoms with E-state index in [-0.39, 0.29) is 5.97 Å². The van der Waals surface area contributed by atoms with Crippen molar-refractivity contribution in [2.45, 2.75) is 122 Å². The summed E-state index contributed by atoms with van der Waals surface area (Å²) < 4.78 is 6.00. The highest BCUT2D eigenvalue weighted by Gasteiger charge is 2.43. The van der Waals surface area contributed by atoms with Gasteiger partial charge in [0.05, 0.1) is 11.0 Å². The van der Waals surface area contributed by atoms with Crippen molar-refractivity contribution in [3.63, 3.8) is 0 Å². The van der Waals surface area contributed by atoms with Gasteiger partial charge in [0.1, 0.15) is 11.8 Å². The van der Waals surface area contributed by atoms with Crippen molar-refractivity contribution in [3.05, 3.63) is 64.7 Å². The Labute approximate surface area is 219 Å². The average Bonchev–Trinajstić information content (AvgIpc) is 2.92. The number of benzene rings is 2. The van der Waals surface area contributed by atoms with Gasteiger partial charge in [-0.2, -0.15) is 5.26 Å². The molecule has 1 aliphatic rings. The van der Waals surface area contributed by atoms with Gasteiger partial charge in [-0.1, -0.05) is 108 Å². The number of nitriles is 1. The summed E-state index contributed by atoms with van der Waals surface area (Å²) in [5.74, 6) is 0.190. The molecular weight excluding hydrogens is 442 g/mol. The number of esters is 1. The average molecular weight is 488 g/mol. The summed E-state index contributed by atoms with van der Waals surface area (Å²) in [5, 5.41) is 9.80. The predicted molar refractivity (Wildman–Crippen MR) is 148 cm³/mol. The molecule has 0 heterocycles. The number of unbranched alkanes of at least 4 members (excludes halogenated alkanes) is 7. The molecule has 3 rings (SSSR count). The first-order valence-corrected chi connectivity index (χ1v) is 14.5. The van der Waals surface area contributed by atoms with Crippen LogP contribution in [0.5, 0.6) is 5.75 Å². The molecule has 0 saturated heterocycles. The highest BCUT2D eigenvalue weighted by molar-refractivity contribution is 5.85. The molecule has 1 fully saturated rings. The Balaban J connectivity index is 1.67. The normalized spacial score (nSPS) is 14.8. The van der Waals surface area contributed by atoms with Crippen LogP contribution in [0.2, 0.25) is 0 Å². The molecule has 0 aliphatic heterocycles. The van der Waals surface area contributed by atoms with Crippen LogP contribution in [0.15, 0.2) is 42.5 Å². The molecule has 0 bridgehead atoms. The van der Waals surface area contributed by atoms with Gasteiger partial charge >= 0.3 is 5.97 Å². The topological polar surface area (TPSA) is 50.1 Å². The van der Waals surface area contributed by atoms with E-state index < -0.39 is 5.41 Å². The van der Waals surface area contributed by atoms with Crippen LogP contribution in [-0.2, 0) is 23.1 Å². The second kappa shape index (κ2) is 14.8. The summed E-state index contributed by atoms with van der Waals surface area (Å²) in [6.45, 7) is 4.45. The van der Waals surface area contributed by atoms with Gasteiger partial charge in [0.25, 0.3) is 0 Å². The zero-order chi connectivity index (χ0) is 25.6. The lowest BCUT2D eigenvalue weighted by Gasteiger charge is -2.35. The van der Waals surface area contributed by atoms with Crippen LogP contribution in [0.25, 0.3) is 0 Å². The maximum Gasteiger partial charge on any atom is 0.321 e. The van der Waals surface area contributed by atoms with E-state index in [1.54, 1.807) is 0 Å². The number of hydrogen-bond acceptors (Lipinski definition) is 3. The molecule has 2 aromatic rings. The maximum absolute atomic E-state index is 13.7. The summed E-state index contributed by atoms with van der Waals surface area (Å²) in [5.41, 5.74) is 3.37. The van der Waals surface area contributed by atoms with Crippen LogP contribution in [0, 0.1) is 11.3 Å². The second-order valence-corrected chi connectivity index (χ2v) is 10.6. The van der Waals surface area contributed by atoms with E-state index in [1.807, 2.05) is 18.2 Å². The van der Waals surface area contributed by atoms with Crippen LogP contribution < -0.4 is 4.74 Å². The molecular formula is C33H45NO2. The lowest BCUT2D eigenvalue weighted by Crippen LogP contribution is -2.41. The van der Waals surface area contributed by atoms with E-state index in [0.717, 1.165) is 62.5 Å². The third kappa shape index (κ3) is 7.70. The van der Waals surface area contributed by atoms with Crippen LogP contribution in [0.1, 0.15) is 126 Å². The van der Waals surface area contributed by atoms with Gasteiger partial charge < -0.3 is 4.74 Å². The Morgan fingerprint density at radius 2 is 1.42 bits per heavy atom. The van der Waals surface area contributed by atoms with Crippen molar-refractivity contribution in [3.8, 4) is 11.8 Å². The molecule has 194 valence electrons. The van der Waals surface area contributed by atoms with Gasteiger partial charge in [-0.3, -0.25) is 4.79 Å². The minimum absolute atomic E-state index is 0.208. The fraction of sp³-hybridized carbons (Fsp3) is 0.576. The van der Waals surface area contributed by atoms with Crippen LogP contribution in [0.4, 0.5) is 0 Å². The number of aryl methyl sites for hydroxylation is 2. The van der Waals surface area contributed by atoms with Crippen molar-refractivity contribution in [2.24, 2.45) is 0 Å². The Morgan fingerprint density at radius 1 is 0.806 bits per heavy atom. The molecule has 0 amide bonds.